The van der Waals surface area contributed by atoms with Crippen LogP contribution in [0.5, 0.6) is 17.2 Å². The van der Waals surface area contributed by atoms with Crippen LogP contribution in [-0.4, -0.2) is 105 Å². The van der Waals surface area contributed by atoms with Gasteiger partial charge in [0.05, 0.1) is 21.3 Å². The van der Waals surface area contributed by atoms with Gasteiger partial charge in [-0.2, -0.15) is 35.3 Å². The lowest BCUT2D eigenvalue weighted by Gasteiger charge is -2.34. The molecular formula is C48H57N3O9S3. The van der Waals surface area contributed by atoms with E-state index in [-0.39, 0.29) is 56.5 Å². The van der Waals surface area contributed by atoms with Crippen LogP contribution in [0.25, 0.3) is 0 Å². The van der Waals surface area contributed by atoms with Gasteiger partial charge in [0, 0.05) is 107 Å². The molecule has 0 fully saturated rings. The molecule has 0 aliphatic carbocycles. The number of aryl methyl sites for hydroxylation is 3. The monoisotopic (exact) mass is 915 g/mol. The SMILES string of the molecule is COC(=O)[C@H]1CSCc2cc3cc(c2)CSC[C@H](C(=O)OC)N2Cc4cc(C)cc(c4O)CN1Cc1cc(C)cc(c1O)CN(Cc1cc(C)cc(c1O)C2)[C@@H](C(=O)OC)CSC3. The summed E-state index contributed by atoms with van der Waals surface area (Å²) >= 11 is 4.84. The summed E-state index contributed by atoms with van der Waals surface area (Å²) in [7, 11) is 4.13. The Labute approximate surface area is 382 Å². The summed E-state index contributed by atoms with van der Waals surface area (Å²) in [6.07, 6.45) is 0. The molecule has 0 saturated carbocycles. The highest BCUT2D eigenvalue weighted by molar-refractivity contribution is 7.99. The molecular weight excluding hydrogens is 859 g/mol. The van der Waals surface area contributed by atoms with Gasteiger partial charge in [0.15, 0.2) is 0 Å². The van der Waals surface area contributed by atoms with Crippen molar-refractivity contribution in [2.24, 2.45) is 0 Å². The molecule has 63 heavy (non-hydrogen) atoms. The summed E-state index contributed by atoms with van der Waals surface area (Å²) in [5.41, 5.74) is 9.19. The quantitative estimate of drug-likeness (QED) is 0.142. The van der Waals surface area contributed by atoms with Crippen molar-refractivity contribution in [2.75, 3.05) is 38.6 Å². The molecule has 0 spiro atoms. The van der Waals surface area contributed by atoms with Gasteiger partial charge in [-0.15, -0.1) is 0 Å². The smallest absolute Gasteiger partial charge is 0.323 e. The van der Waals surface area contributed by atoms with Crippen molar-refractivity contribution in [1.82, 2.24) is 14.7 Å². The summed E-state index contributed by atoms with van der Waals surface area (Å²) < 4.78 is 16.4. The zero-order chi connectivity index (χ0) is 44.9. The fourth-order valence-corrected chi connectivity index (χ4v) is 12.3. The molecule has 4 heterocycles. The molecule has 0 unspecified atom stereocenters. The number of carbonyl (C=O) groups is 3. The van der Waals surface area contributed by atoms with Crippen LogP contribution >= 0.6 is 35.3 Å². The van der Waals surface area contributed by atoms with Crippen LogP contribution in [0.2, 0.25) is 0 Å². The summed E-state index contributed by atoms with van der Waals surface area (Å²) in [6, 6.07) is 15.6. The van der Waals surface area contributed by atoms with Gasteiger partial charge in [-0.3, -0.25) is 29.1 Å². The van der Waals surface area contributed by atoms with Crippen molar-refractivity contribution < 1.29 is 43.9 Å². The van der Waals surface area contributed by atoms with Crippen molar-refractivity contribution in [3.05, 3.63) is 121 Å². The molecule has 4 aliphatic rings. The number of esters is 3. The lowest BCUT2D eigenvalue weighted by Crippen LogP contribution is -2.44. The van der Waals surface area contributed by atoms with Crippen molar-refractivity contribution in [2.45, 2.75) is 95.4 Å². The minimum absolute atomic E-state index is 0.0213. The number of nitrogens with zero attached hydrogens (tertiary/aromatic N) is 3. The first-order chi connectivity index (χ1) is 30.2. The molecule has 8 rings (SSSR count). The predicted octanol–water partition coefficient (Wildman–Crippen LogP) is 7.10. The molecule has 0 saturated heterocycles. The van der Waals surface area contributed by atoms with Crippen LogP contribution < -0.4 is 0 Å². The molecule has 0 amide bonds. The number of phenols is 3. The van der Waals surface area contributed by atoms with Crippen LogP contribution in [0.4, 0.5) is 0 Å². The van der Waals surface area contributed by atoms with Crippen molar-refractivity contribution in [3.8, 4) is 17.2 Å². The Bertz CT molecular complexity index is 2010. The number of aromatic hydroxyl groups is 3. The number of hydrogen-bond acceptors (Lipinski definition) is 15. The Balaban J connectivity index is 1.55. The number of phenolic OH excluding ortho intramolecular Hbond substituents is 3. The first-order valence-corrected chi connectivity index (χ1v) is 24.5. The summed E-state index contributed by atoms with van der Waals surface area (Å²) in [5, 5.41) is 36.8. The number of ether oxygens (including phenoxy) is 3. The van der Waals surface area contributed by atoms with E-state index in [9.17, 15) is 29.7 Å². The number of methoxy groups -OCH3 is 3. The largest absolute Gasteiger partial charge is 0.507 e. The van der Waals surface area contributed by atoms with E-state index in [1.165, 1.54) is 21.3 Å². The average Bonchev–Trinajstić information content (AvgIpc) is 3.25. The van der Waals surface area contributed by atoms with Crippen LogP contribution in [0.3, 0.4) is 0 Å². The molecule has 4 aromatic rings. The van der Waals surface area contributed by atoms with E-state index < -0.39 is 36.0 Å². The van der Waals surface area contributed by atoms with Crippen LogP contribution in [0, 0.1) is 20.8 Å². The second-order valence-corrected chi connectivity index (χ2v) is 19.9. The fraction of sp³-hybridized carbons (Fsp3) is 0.438. The molecule has 15 heteroatoms. The lowest BCUT2D eigenvalue weighted by molar-refractivity contribution is -0.147. The van der Waals surface area contributed by atoms with Gasteiger partial charge in [-0.25, -0.2) is 0 Å². The van der Waals surface area contributed by atoms with Gasteiger partial charge in [0.25, 0.3) is 0 Å². The first kappa shape index (κ1) is 46.6. The van der Waals surface area contributed by atoms with E-state index in [0.717, 1.165) is 33.4 Å². The van der Waals surface area contributed by atoms with Gasteiger partial charge in [0.2, 0.25) is 0 Å². The van der Waals surface area contributed by atoms with Gasteiger partial charge >= 0.3 is 17.9 Å². The van der Waals surface area contributed by atoms with Gasteiger partial charge < -0.3 is 29.5 Å². The molecule has 0 aromatic heterocycles. The van der Waals surface area contributed by atoms with Crippen LogP contribution in [0.1, 0.15) is 66.8 Å². The number of thioether (sulfide) groups is 3. The minimum atomic E-state index is -0.777. The first-order valence-electron chi connectivity index (χ1n) is 21.0. The maximum Gasteiger partial charge on any atom is 0.323 e. The highest BCUT2D eigenvalue weighted by Crippen LogP contribution is 2.37. The molecule has 12 bridgehead atoms. The highest BCUT2D eigenvalue weighted by Gasteiger charge is 2.34. The van der Waals surface area contributed by atoms with Gasteiger partial charge in [0.1, 0.15) is 35.4 Å². The topological polar surface area (TPSA) is 149 Å². The summed E-state index contributed by atoms with van der Waals surface area (Å²) in [5.74, 6) is 1.64. The zero-order valence-corrected chi connectivity index (χ0v) is 39.2. The average molecular weight is 916 g/mol. The molecule has 336 valence electrons. The standard InChI is InChI=1S/C48H57N3O9S3/c1-28-7-34-16-49-18-36-9-29(2)11-38(44(36)53)20-51-21-39-12-30(3)10-37(45(39)54)19-50(17-35(8-28)43(34)52)41(47(56)59-5)26-62-23-32-13-31(22-61-25-40(49)46(55)58-4)14-33(15-32)24-63-27-42(51)48(57)60-6/h7-15,40-42,52-54H,16-27H2,1-6H3/t40-,41-,42-/m1/s1. The van der Waals surface area contributed by atoms with Gasteiger partial charge in [-0.05, 0) is 37.5 Å². The van der Waals surface area contributed by atoms with E-state index >= 15 is 0 Å². The van der Waals surface area contributed by atoms with Crippen LogP contribution in [-0.2, 0) is 85.1 Å². The van der Waals surface area contributed by atoms with Crippen LogP contribution in [0.15, 0.2) is 54.6 Å². The third-order valence-electron chi connectivity index (χ3n) is 12.0. The summed E-state index contributed by atoms with van der Waals surface area (Å²) in [4.78, 5) is 47.8. The van der Waals surface area contributed by atoms with Crippen molar-refractivity contribution in [1.29, 1.82) is 0 Å². The summed E-state index contributed by atoms with van der Waals surface area (Å²) in [6.45, 7) is 6.56. The zero-order valence-electron chi connectivity index (χ0n) is 36.8. The van der Waals surface area contributed by atoms with Crippen molar-refractivity contribution >= 4 is 53.2 Å². The third kappa shape index (κ3) is 10.9. The Morgan fingerprint density at radius 2 is 0.667 bits per heavy atom. The van der Waals surface area contributed by atoms with Gasteiger partial charge in [-0.1, -0.05) is 71.3 Å². The lowest BCUT2D eigenvalue weighted by atomic mass is 9.98. The molecule has 3 atom stereocenters. The molecule has 12 nitrogen and oxygen atoms in total. The van der Waals surface area contributed by atoms with E-state index in [1.807, 2.05) is 71.9 Å². The number of fused-ring (bicyclic) bond motifs is 9. The van der Waals surface area contributed by atoms with E-state index in [0.29, 0.717) is 67.9 Å². The minimum Gasteiger partial charge on any atom is -0.507 e. The number of hydrogen-bond donors (Lipinski definition) is 3. The van der Waals surface area contributed by atoms with Crippen molar-refractivity contribution in [3.63, 3.8) is 0 Å². The maximum atomic E-state index is 14.0. The van der Waals surface area contributed by atoms with E-state index in [2.05, 4.69) is 18.2 Å². The Hall–Kier alpha value is -4.38. The fourth-order valence-electron chi connectivity index (χ4n) is 9.00. The second-order valence-electron chi connectivity index (χ2n) is 16.8. The molecule has 4 aromatic carbocycles. The number of carbonyl (C=O) groups excluding carboxylic acids is 3. The highest BCUT2D eigenvalue weighted by atomic mass is 32.2. The van der Waals surface area contributed by atoms with E-state index in [4.69, 9.17) is 14.2 Å². The molecule has 3 N–H and O–H groups in total. The Morgan fingerprint density at radius 1 is 0.444 bits per heavy atom. The maximum absolute atomic E-state index is 14.0. The number of rotatable bonds is 3. The third-order valence-corrected chi connectivity index (χ3v) is 15.2. The second kappa shape index (κ2) is 20.6. The Morgan fingerprint density at radius 3 is 0.873 bits per heavy atom. The normalized spacial score (nSPS) is 23.1. The molecule has 0 radical (unpaired) electrons. The predicted molar refractivity (Wildman–Crippen MR) is 249 cm³/mol. The van der Waals surface area contributed by atoms with E-state index in [1.54, 1.807) is 35.3 Å². The number of benzene rings is 4. The molecule has 4 aliphatic heterocycles. The Kier molecular flexibility index (Phi) is 15.3.